The van der Waals surface area contributed by atoms with Gasteiger partial charge in [-0.1, -0.05) is 12.1 Å². The van der Waals surface area contributed by atoms with Crippen LogP contribution in [0.25, 0.3) is 0 Å². The first kappa shape index (κ1) is 20.3. The number of guanidine groups is 1. The number of rotatable bonds is 6. The van der Waals surface area contributed by atoms with E-state index in [1.807, 2.05) is 31.5 Å². The van der Waals surface area contributed by atoms with E-state index in [2.05, 4.69) is 25.8 Å². The van der Waals surface area contributed by atoms with Crippen LogP contribution in [-0.4, -0.2) is 40.0 Å². The van der Waals surface area contributed by atoms with Crippen LogP contribution < -0.4 is 10.6 Å². The minimum absolute atomic E-state index is 0.105. The quantitative estimate of drug-likeness (QED) is 0.588. The lowest BCUT2D eigenvalue weighted by Crippen LogP contribution is -2.42. The Balaban J connectivity index is 1.71. The van der Waals surface area contributed by atoms with E-state index in [-0.39, 0.29) is 18.0 Å². The zero-order valence-corrected chi connectivity index (χ0v) is 17.0. The Hall–Kier alpha value is -2.48. The van der Waals surface area contributed by atoms with Crippen molar-refractivity contribution in [3.05, 3.63) is 46.8 Å². The minimum Gasteiger partial charge on any atom is -0.376 e. The van der Waals surface area contributed by atoms with Crippen LogP contribution >= 0.6 is 0 Å². The SMILES string of the molecule is Cc1ccc(C(C)NC(=NCc2nnc(C)n2C)NCC2CCCO2)cc1F. The fraction of sp³-hybridized carbons (Fsp3) is 0.550. The lowest BCUT2D eigenvalue weighted by atomic mass is 10.1. The van der Waals surface area contributed by atoms with Crippen LogP contribution in [0.3, 0.4) is 0 Å². The summed E-state index contributed by atoms with van der Waals surface area (Å²) < 4.78 is 21.5. The number of aliphatic imine (C=N–C) groups is 1. The zero-order chi connectivity index (χ0) is 20.1. The number of nitrogens with zero attached hydrogens (tertiary/aromatic N) is 4. The Labute approximate surface area is 165 Å². The van der Waals surface area contributed by atoms with Gasteiger partial charge in [-0.15, -0.1) is 10.2 Å². The predicted octanol–water partition coefficient (Wildman–Crippen LogP) is 2.55. The first-order valence-electron chi connectivity index (χ1n) is 9.71. The number of hydrogen-bond acceptors (Lipinski definition) is 4. The Kier molecular flexibility index (Phi) is 6.61. The van der Waals surface area contributed by atoms with Crippen molar-refractivity contribution in [2.24, 2.45) is 12.0 Å². The number of halogens is 1. The van der Waals surface area contributed by atoms with Gasteiger partial charge in [-0.05, 0) is 50.8 Å². The molecule has 0 radical (unpaired) electrons. The summed E-state index contributed by atoms with van der Waals surface area (Å²) in [6.07, 6.45) is 2.32. The van der Waals surface area contributed by atoms with E-state index in [1.165, 1.54) is 0 Å². The molecule has 28 heavy (non-hydrogen) atoms. The Morgan fingerprint density at radius 3 is 2.86 bits per heavy atom. The molecule has 8 heteroatoms. The van der Waals surface area contributed by atoms with E-state index in [1.54, 1.807) is 19.1 Å². The number of aromatic nitrogens is 3. The van der Waals surface area contributed by atoms with E-state index in [0.717, 1.165) is 36.7 Å². The lowest BCUT2D eigenvalue weighted by molar-refractivity contribution is 0.113. The van der Waals surface area contributed by atoms with E-state index < -0.39 is 0 Å². The van der Waals surface area contributed by atoms with Crippen LogP contribution in [0.2, 0.25) is 0 Å². The molecule has 0 saturated carbocycles. The maximum absolute atomic E-state index is 13.9. The molecule has 0 amide bonds. The molecule has 1 aliphatic heterocycles. The molecule has 2 unspecified atom stereocenters. The smallest absolute Gasteiger partial charge is 0.192 e. The first-order valence-corrected chi connectivity index (χ1v) is 9.71. The molecule has 2 heterocycles. The largest absolute Gasteiger partial charge is 0.376 e. The van der Waals surface area contributed by atoms with Crippen LogP contribution in [0.4, 0.5) is 4.39 Å². The Morgan fingerprint density at radius 1 is 1.39 bits per heavy atom. The van der Waals surface area contributed by atoms with Gasteiger partial charge in [0.2, 0.25) is 0 Å². The average Bonchev–Trinajstić information content (AvgIpc) is 3.31. The molecule has 0 aliphatic carbocycles. The molecule has 1 fully saturated rings. The normalized spacial score (nSPS) is 18.3. The molecule has 2 aromatic rings. The highest BCUT2D eigenvalue weighted by molar-refractivity contribution is 5.80. The van der Waals surface area contributed by atoms with Crippen molar-refractivity contribution in [3.63, 3.8) is 0 Å². The van der Waals surface area contributed by atoms with Crippen molar-refractivity contribution in [1.29, 1.82) is 0 Å². The van der Waals surface area contributed by atoms with Crippen LogP contribution in [-0.2, 0) is 18.3 Å². The highest BCUT2D eigenvalue weighted by Crippen LogP contribution is 2.16. The van der Waals surface area contributed by atoms with Gasteiger partial charge in [0.25, 0.3) is 0 Å². The Bertz CT molecular complexity index is 828. The van der Waals surface area contributed by atoms with Gasteiger partial charge in [0.1, 0.15) is 18.2 Å². The first-order chi connectivity index (χ1) is 13.4. The third-order valence-electron chi connectivity index (χ3n) is 5.13. The molecule has 1 aromatic carbocycles. The number of benzene rings is 1. The number of ether oxygens (including phenoxy) is 1. The molecule has 7 nitrogen and oxygen atoms in total. The lowest BCUT2D eigenvalue weighted by Gasteiger charge is -2.20. The monoisotopic (exact) mass is 388 g/mol. The minimum atomic E-state index is -0.202. The van der Waals surface area contributed by atoms with Gasteiger partial charge in [0, 0.05) is 20.2 Å². The average molecular weight is 388 g/mol. The van der Waals surface area contributed by atoms with E-state index >= 15 is 0 Å². The summed E-state index contributed by atoms with van der Waals surface area (Å²) in [4.78, 5) is 4.66. The van der Waals surface area contributed by atoms with Gasteiger partial charge in [0.05, 0.1) is 12.1 Å². The molecule has 1 aromatic heterocycles. The molecule has 0 bridgehead atoms. The summed E-state index contributed by atoms with van der Waals surface area (Å²) in [5.74, 6) is 2.07. The molecular formula is C20H29FN6O. The predicted molar refractivity (Wildman–Crippen MR) is 107 cm³/mol. The summed E-state index contributed by atoms with van der Waals surface area (Å²) in [5.41, 5.74) is 1.50. The van der Waals surface area contributed by atoms with E-state index in [0.29, 0.717) is 24.6 Å². The number of nitrogens with one attached hydrogen (secondary N) is 2. The third-order valence-corrected chi connectivity index (χ3v) is 5.13. The molecule has 152 valence electrons. The maximum atomic E-state index is 13.9. The molecular weight excluding hydrogens is 359 g/mol. The van der Waals surface area contributed by atoms with Crippen molar-refractivity contribution in [2.75, 3.05) is 13.2 Å². The van der Waals surface area contributed by atoms with Crippen molar-refractivity contribution in [1.82, 2.24) is 25.4 Å². The summed E-state index contributed by atoms with van der Waals surface area (Å²) in [6, 6.07) is 5.19. The van der Waals surface area contributed by atoms with Crippen molar-refractivity contribution < 1.29 is 9.13 Å². The van der Waals surface area contributed by atoms with Gasteiger partial charge < -0.3 is 19.9 Å². The highest BCUT2D eigenvalue weighted by atomic mass is 19.1. The second kappa shape index (κ2) is 9.14. The maximum Gasteiger partial charge on any atom is 0.192 e. The van der Waals surface area contributed by atoms with E-state index in [4.69, 9.17) is 4.74 Å². The number of hydrogen-bond donors (Lipinski definition) is 2. The summed E-state index contributed by atoms with van der Waals surface area (Å²) in [6.45, 7) is 7.54. The van der Waals surface area contributed by atoms with Gasteiger partial charge in [-0.25, -0.2) is 9.38 Å². The van der Waals surface area contributed by atoms with Crippen LogP contribution in [0.1, 0.15) is 48.6 Å². The van der Waals surface area contributed by atoms with Crippen LogP contribution in [0.5, 0.6) is 0 Å². The molecule has 1 aliphatic rings. The van der Waals surface area contributed by atoms with Crippen molar-refractivity contribution in [2.45, 2.75) is 52.3 Å². The fourth-order valence-electron chi connectivity index (χ4n) is 3.07. The summed E-state index contributed by atoms with van der Waals surface area (Å²) >= 11 is 0. The standard InChI is InChI=1S/C20H29FN6O/c1-13-7-8-16(10-18(13)21)14(2)24-20(22-11-17-6-5-9-28-17)23-12-19-26-25-15(3)27(19)4/h7-8,10,14,17H,5-6,9,11-12H2,1-4H3,(H2,22,23,24). The molecule has 2 N–H and O–H groups in total. The van der Waals surface area contributed by atoms with Gasteiger partial charge in [-0.3, -0.25) is 0 Å². The van der Waals surface area contributed by atoms with Crippen molar-refractivity contribution in [3.8, 4) is 0 Å². The molecule has 1 saturated heterocycles. The fourth-order valence-corrected chi connectivity index (χ4v) is 3.07. The second-order valence-corrected chi connectivity index (χ2v) is 7.28. The molecule has 0 spiro atoms. The molecule has 2 atom stereocenters. The second-order valence-electron chi connectivity index (χ2n) is 7.28. The topological polar surface area (TPSA) is 76.4 Å². The molecule has 3 rings (SSSR count). The summed E-state index contributed by atoms with van der Waals surface area (Å²) in [5, 5.41) is 14.9. The van der Waals surface area contributed by atoms with Crippen molar-refractivity contribution >= 4 is 5.96 Å². The highest BCUT2D eigenvalue weighted by Gasteiger charge is 2.17. The zero-order valence-electron chi connectivity index (χ0n) is 17.0. The van der Waals surface area contributed by atoms with E-state index in [9.17, 15) is 4.39 Å². The Morgan fingerprint density at radius 2 is 2.21 bits per heavy atom. The van der Waals surface area contributed by atoms with Crippen LogP contribution in [0, 0.1) is 19.7 Å². The van der Waals surface area contributed by atoms with Crippen LogP contribution in [0.15, 0.2) is 23.2 Å². The third kappa shape index (κ3) is 5.07. The summed E-state index contributed by atoms with van der Waals surface area (Å²) in [7, 11) is 1.92. The van der Waals surface area contributed by atoms with Gasteiger partial charge in [-0.2, -0.15) is 0 Å². The van der Waals surface area contributed by atoms with Gasteiger partial charge in [0.15, 0.2) is 11.8 Å². The van der Waals surface area contributed by atoms with Gasteiger partial charge >= 0.3 is 0 Å². The number of aryl methyl sites for hydroxylation is 2.